The summed E-state index contributed by atoms with van der Waals surface area (Å²) >= 11 is 0.982. The van der Waals surface area contributed by atoms with Crippen LogP contribution >= 0.6 is 11.7 Å². The molecule has 1 fully saturated rings. The zero-order valence-electron chi connectivity index (χ0n) is 24.3. The van der Waals surface area contributed by atoms with Crippen molar-refractivity contribution in [2.24, 2.45) is 0 Å². The average molecular weight is 615 g/mol. The fourth-order valence-corrected chi connectivity index (χ4v) is 5.66. The Balaban J connectivity index is 0.00000423. The Kier molecular flexibility index (Phi) is 10.8. The van der Waals surface area contributed by atoms with Crippen molar-refractivity contribution in [1.82, 2.24) is 8.75 Å². The quantitative estimate of drug-likeness (QED) is 0.142. The van der Waals surface area contributed by atoms with Crippen LogP contribution in [0, 0.1) is 5.82 Å². The van der Waals surface area contributed by atoms with Crippen LogP contribution in [-0.2, 0) is 11.2 Å². The second-order valence-corrected chi connectivity index (χ2v) is 10.3. The number of allylic oxidation sites excluding steroid dienone is 1. The number of nitrogens with zero attached hydrogens (tertiary/aromatic N) is 2. The Morgan fingerprint density at radius 1 is 0.884 bits per heavy atom. The Morgan fingerprint density at radius 2 is 1.51 bits per heavy atom. The standard InChI is InChI=1S/C31H29FN2O7S.Na/c1-38-25-11-9-19(15-22(25)32)29(35)21(28(31(36)37)18-8-10-23-24(16-18)34-42-33-23)12-17-13-26(39-2)30(27(14-17)40-3)41-20-6-4-5-7-20;/h8-11,13-16,20H,4-7,12H2,1-3H3,(H,36,37);/q;+1/p-1/b28-21+;. The Morgan fingerprint density at radius 3 is 2.12 bits per heavy atom. The van der Waals surface area contributed by atoms with E-state index < -0.39 is 17.6 Å². The fraction of sp³-hybridized carbons (Fsp3) is 0.290. The summed E-state index contributed by atoms with van der Waals surface area (Å²) in [7, 11) is 4.29. The summed E-state index contributed by atoms with van der Waals surface area (Å²) in [6.45, 7) is 0. The molecule has 0 bridgehead atoms. The summed E-state index contributed by atoms with van der Waals surface area (Å²) in [6.07, 6.45) is 3.85. The van der Waals surface area contributed by atoms with Crippen molar-refractivity contribution >= 4 is 40.1 Å². The van der Waals surface area contributed by atoms with Gasteiger partial charge in [-0.25, -0.2) is 4.39 Å². The molecule has 3 aromatic carbocycles. The van der Waals surface area contributed by atoms with Crippen molar-refractivity contribution in [3.8, 4) is 23.0 Å². The van der Waals surface area contributed by atoms with E-state index in [4.69, 9.17) is 18.9 Å². The number of rotatable bonds is 11. The zero-order chi connectivity index (χ0) is 29.8. The van der Waals surface area contributed by atoms with E-state index in [9.17, 15) is 19.1 Å². The van der Waals surface area contributed by atoms with Gasteiger partial charge in [0, 0.05) is 23.1 Å². The molecule has 43 heavy (non-hydrogen) atoms. The number of hydrogen-bond donors (Lipinski definition) is 0. The normalized spacial score (nSPS) is 13.7. The molecule has 1 saturated carbocycles. The molecule has 9 nitrogen and oxygen atoms in total. The van der Waals surface area contributed by atoms with E-state index in [1.54, 1.807) is 18.2 Å². The van der Waals surface area contributed by atoms with Gasteiger partial charge in [-0.3, -0.25) is 4.79 Å². The molecule has 1 aliphatic rings. The Labute approximate surface area is 274 Å². The van der Waals surface area contributed by atoms with Gasteiger partial charge in [-0.2, -0.15) is 8.75 Å². The summed E-state index contributed by atoms with van der Waals surface area (Å²) in [6, 6.07) is 11.7. The van der Waals surface area contributed by atoms with E-state index in [0.717, 1.165) is 43.5 Å². The minimum absolute atomic E-state index is 0. The first-order valence-electron chi connectivity index (χ1n) is 13.3. The molecule has 0 amide bonds. The van der Waals surface area contributed by atoms with Crippen molar-refractivity contribution in [1.29, 1.82) is 0 Å². The number of carbonyl (C=O) groups is 2. The number of fused-ring (bicyclic) bond motifs is 1. The minimum atomic E-state index is -1.57. The predicted molar refractivity (Wildman–Crippen MR) is 153 cm³/mol. The van der Waals surface area contributed by atoms with Gasteiger partial charge in [-0.05, 0) is 79.3 Å². The number of ketones is 1. The van der Waals surface area contributed by atoms with Crippen LogP contribution in [0.4, 0.5) is 4.39 Å². The Hall–Kier alpha value is -3.51. The van der Waals surface area contributed by atoms with Crippen molar-refractivity contribution in [2.75, 3.05) is 21.3 Å². The van der Waals surface area contributed by atoms with Crippen LogP contribution < -0.4 is 53.6 Å². The molecule has 0 spiro atoms. The third-order valence-electron chi connectivity index (χ3n) is 7.22. The van der Waals surface area contributed by atoms with Crippen molar-refractivity contribution in [3.05, 3.63) is 76.6 Å². The van der Waals surface area contributed by atoms with Crippen molar-refractivity contribution in [3.63, 3.8) is 0 Å². The van der Waals surface area contributed by atoms with Gasteiger partial charge < -0.3 is 28.8 Å². The van der Waals surface area contributed by atoms with E-state index in [-0.39, 0.29) is 70.1 Å². The SMILES string of the molecule is COc1ccc(C(=O)/C(Cc2cc(OC)c(OC3CCCC3)c(OC)c2)=C(/C(=O)[O-])c2ccc3nsnc3c2)cc1F.[Na+]. The number of halogens is 1. The van der Waals surface area contributed by atoms with Crippen LogP contribution in [0.15, 0.2) is 54.1 Å². The van der Waals surface area contributed by atoms with Crippen LogP contribution in [0.1, 0.15) is 47.2 Å². The molecular weight excluding hydrogens is 586 g/mol. The smallest absolute Gasteiger partial charge is 0.545 e. The van der Waals surface area contributed by atoms with Crippen molar-refractivity contribution in [2.45, 2.75) is 38.2 Å². The average Bonchev–Trinajstić information content (AvgIpc) is 3.68. The summed E-state index contributed by atoms with van der Waals surface area (Å²) in [5, 5.41) is 12.7. The van der Waals surface area contributed by atoms with Crippen LogP contribution in [0.25, 0.3) is 16.6 Å². The maximum atomic E-state index is 14.6. The summed E-state index contributed by atoms with van der Waals surface area (Å²) in [5.74, 6) is -1.89. The van der Waals surface area contributed by atoms with E-state index in [2.05, 4.69) is 8.75 Å². The molecule has 0 N–H and O–H groups in total. The third kappa shape index (κ3) is 7.01. The molecular formula is C31H28FN2NaO7S. The van der Waals surface area contributed by atoms with Gasteiger partial charge in [0.25, 0.3) is 0 Å². The molecule has 4 aromatic rings. The number of carboxylic acids is 1. The maximum Gasteiger partial charge on any atom is 1.00 e. The fourth-order valence-electron chi connectivity index (χ4n) is 5.15. The first-order chi connectivity index (χ1) is 20.3. The monoisotopic (exact) mass is 614 g/mol. The molecule has 0 unspecified atom stereocenters. The number of carbonyl (C=O) groups excluding carboxylic acids is 2. The molecule has 0 radical (unpaired) electrons. The summed E-state index contributed by atoms with van der Waals surface area (Å²) in [4.78, 5) is 26.7. The number of Topliss-reactive ketones (excluding diaryl/α,β-unsaturated/α-hetero) is 1. The number of aliphatic carboxylic acids is 1. The number of benzene rings is 3. The summed E-state index contributed by atoms with van der Waals surface area (Å²) < 4.78 is 45.5. The number of methoxy groups -OCH3 is 3. The molecule has 1 aromatic heterocycles. The summed E-state index contributed by atoms with van der Waals surface area (Å²) in [5.41, 5.74) is 1.22. The number of aromatic nitrogens is 2. The van der Waals surface area contributed by atoms with E-state index >= 15 is 0 Å². The van der Waals surface area contributed by atoms with E-state index in [1.807, 2.05) is 0 Å². The van der Waals surface area contributed by atoms with E-state index in [1.165, 1.54) is 45.6 Å². The molecule has 1 heterocycles. The van der Waals surface area contributed by atoms with Gasteiger partial charge >= 0.3 is 29.6 Å². The molecule has 0 aliphatic heterocycles. The Bertz CT molecular complexity index is 1660. The zero-order valence-corrected chi connectivity index (χ0v) is 27.1. The topological polar surface area (TPSA) is 120 Å². The van der Waals surface area contributed by atoms with Crippen LogP contribution in [0.5, 0.6) is 23.0 Å². The second kappa shape index (κ2) is 14.3. The van der Waals surface area contributed by atoms with Gasteiger partial charge in [0.1, 0.15) is 11.0 Å². The number of carboxylic acid groups (broad SMARTS) is 1. The van der Waals surface area contributed by atoms with Gasteiger partial charge in [0.15, 0.2) is 28.8 Å². The molecule has 5 rings (SSSR count). The second-order valence-electron chi connectivity index (χ2n) is 9.82. The van der Waals surface area contributed by atoms with Gasteiger partial charge in [-0.15, -0.1) is 0 Å². The van der Waals surface area contributed by atoms with E-state index in [0.29, 0.717) is 33.8 Å². The van der Waals surface area contributed by atoms with Crippen molar-refractivity contribution < 1.29 is 67.6 Å². The van der Waals surface area contributed by atoms with Gasteiger partial charge in [0.05, 0.1) is 45.1 Å². The van der Waals surface area contributed by atoms with Gasteiger partial charge in [-0.1, -0.05) is 6.07 Å². The minimum Gasteiger partial charge on any atom is -0.545 e. The third-order valence-corrected chi connectivity index (χ3v) is 7.78. The van der Waals surface area contributed by atoms with Crippen LogP contribution in [0.2, 0.25) is 0 Å². The molecule has 0 saturated heterocycles. The maximum absolute atomic E-state index is 14.6. The number of ether oxygens (including phenoxy) is 4. The van der Waals surface area contributed by atoms with Gasteiger partial charge in [0.2, 0.25) is 5.75 Å². The molecule has 218 valence electrons. The molecule has 0 atom stereocenters. The molecule has 12 heteroatoms. The predicted octanol–water partition coefficient (Wildman–Crippen LogP) is 1.81. The largest absolute Gasteiger partial charge is 1.00 e. The first kappa shape index (κ1) is 32.4. The molecule has 1 aliphatic carbocycles. The van der Waals surface area contributed by atoms with Crippen LogP contribution in [0.3, 0.4) is 0 Å². The van der Waals surface area contributed by atoms with Crippen LogP contribution in [-0.4, -0.2) is 47.9 Å². The number of hydrogen-bond acceptors (Lipinski definition) is 10. The first-order valence-corrected chi connectivity index (χ1v) is 14.0.